The molecule has 0 aliphatic rings. The van der Waals surface area contributed by atoms with Crippen LogP contribution in [0, 0.1) is 0 Å². The first-order valence-electron chi connectivity index (χ1n) is 9.01. The summed E-state index contributed by atoms with van der Waals surface area (Å²) in [5.74, 6) is 2.34. The van der Waals surface area contributed by atoms with E-state index in [1.807, 2.05) is 35.9 Å². The SMILES string of the molecule is CCNC(=NCc1cc(OC)c(OC)c(OC)c1)NCC(C)(O)c1ccsc1.I. The molecule has 7 nitrogen and oxygen atoms in total. The van der Waals surface area contributed by atoms with Crippen LogP contribution < -0.4 is 24.8 Å². The number of ether oxygens (including phenoxy) is 3. The van der Waals surface area contributed by atoms with Crippen molar-refractivity contribution in [3.63, 3.8) is 0 Å². The number of nitrogens with one attached hydrogen (secondary N) is 2. The van der Waals surface area contributed by atoms with E-state index in [-0.39, 0.29) is 24.0 Å². The molecule has 1 aromatic carbocycles. The average Bonchev–Trinajstić information content (AvgIpc) is 3.25. The van der Waals surface area contributed by atoms with Crippen LogP contribution in [0.5, 0.6) is 17.2 Å². The number of benzene rings is 1. The quantitative estimate of drug-likeness (QED) is 0.260. The van der Waals surface area contributed by atoms with Crippen molar-refractivity contribution in [3.05, 3.63) is 40.1 Å². The van der Waals surface area contributed by atoms with Gasteiger partial charge in [-0.05, 0) is 53.9 Å². The molecule has 3 N–H and O–H groups in total. The molecule has 162 valence electrons. The smallest absolute Gasteiger partial charge is 0.203 e. The van der Waals surface area contributed by atoms with Crippen molar-refractivity contribution in [1.82, 2.24) is 10.6 Å². The van der Waals surface area contributed by atoms with Crippen LogP contribution in [0.4, 0.5) is 0 Å². The van der Waals surface area contributed by atoms with Gasteiger partial charge in [0.15, 0.2) is 17.5 Å². The van der Waals surface area contributed by atoms with Crippen molar-refractivity contribution in [2.45, 2.75) is 26.0 Å². The zero-order valence-electron chi connectivity index (χ0n) is 17.4. The molecule has 9 heteroatoms. The average molecular weight is 535 g/mol. The molecule has 0 spiro atoms. The summed E-state index contributed by atoms with van der Waals surface area (Å²) < 4.78 is 16.1. The third-order valence-corrected chi connectivity index (χ3v) is 4.91. The fourth-order valence-corrected chi connectivity index (χ4v) is 3.45. The van der Waals surface area contributed by atoms with Crippen molar-refractivity contribution in [1.29, 1.82) is 0 Å². The summed E-state index contributed by atoms with van der Waals surface area (Å²) in [6.07, 6.45) is 0. The molecule has 1 unspecified atom stereocenters. The first-order valence-corrected chi connectivity index (χ1v) is 9.95. The molecule has 2 aromatic rings. The number of rotatable bonds is 9. The number of methoxy groups -OCH3 is 3. The maximum Gasteiger partial charge on any atom is 0.203 e. The number of hydrogen-bond acceptors (Lipinski definition) is 6. The van der Waals surface area contributed by atoms with Crippen molar-refractivity contribution >= 4 is 41.3 Å². The predicted molar refractivity (Wildman–Crippen MR) is 128 cm³/mol. The summed E-state index contributed by atoms with van der Waals surface area (Å²) in [7, 11) is 4.75. The third-order valence-electron chi connectivity index (χ3n) is 4.23. The Morgan fingerprint density at radius 3 is 2.28 bits per heavy atom. The van der Waals surface area contributed by atoms with Gasteiger partial charge in [0.2, 0.25) is 5.75 Å². The molecule has 0 bridgehead atoms. The number of guanidine groups is 1. The van der Waals surface area contributed by atoms with E-state index in [2.05, 4.69) is 15.6 Å². The zero-order valence-corrected chi connectivity index (χ0v) is 20.6. The minimum Gasteiger partial charge on any atom is -0.493 e. The van der Waals surface area contributed by atoms with Crippen molar-refractivity contribution in [3.8, 4) is 17.2 Å². The molecule has 0 saturated carbocycles. The van der Waals surface area contributed by atoms with Crippen LogP contribution >= 0.6 is 35.3 Å². The summed E-state index contributed by atoms with van der Waals surface area (Å²) >= 11 is 1.56. The van der Waals surface area contributed by atoms with E-state index in [1.54, 1.807) is 39.6 Å². The topological polar surface area (TPSA) is 84.3 Å². The minimum absolute atomic E-state index is 0. The number of halogens is 1. The first kappa shape index (κ1) is 25.3. The summed E-state index contributed by atoms with van der Waals surface area (Å²) in [6.45, 7) is 5.23. The Morgan fingerprint density at radius 2 is 1.79 bits per heavy atom. The molecule has 0 aliphatic heterocycles. The summed E-state index contributed by atoms with van der Waals surface area (Å²) in [6, 6.07) is 5.66. The Kier molecular flexibility index (Phi) is 10.5. The Hall–Kier alpha value is -1.72. The standard InChI is InChI=1S/C20H29N3O4S.HI/c1-6-21-19(23-13-20(2,24)15-7-8-28-12-15)22-11-14-9-16(25-3)18(27-5)17(10-14)26-4;/h7-10,12,24H,6,11,13H2,1-5H3,(H2,21,22,23);1H. The molecule has 0 amide bonds. The lowest BCUT2D eigenvalue weighted by atomic mass is 9.99. The highest BCUT2D eigenvalue weighted by Crippen LogP contribution is 2.38. The van der Waals surface area contributed by atoms with Crippen molar-refractivity contribution in [2.24, 2.45) is 4.99 Å². The molecule has 1 heterocycles. The highest BCUT2D eigenvalue weighted by molar-refractivity contribution is 14.0. The Bertz CT molecular complexity index is 757. The fraction of sp³-hybridized carbons (Fsp3) is 0.450. The maximum absolute atomic E-state index is 10.7. The van der Waals surface area contributed by atoms with E-state index < -0.39 is 5.60 Å². The summed E-state index contributed by atoms with van der Waals surface area (Å²) in [5, 5.41) is 21.0. The van der Waals surface area contributed by atoms with Crippen LogP contribution in [0.15, 0.2) is 34.0 Å². The molecule has 1 aromatic heterocycles. The molecule has 0 radical (unpaired) electrons. The van der Waals surface area contributed by atoms with E-state index >= 15 is 0 Å². The van der Waals surface area contributed by atoms with Crippen LogP contribution in [0.1, 0.15) is 25.0 Å². The van der Waals surface area contributed by atoms with Gasteiger partial charge < -0.3 is 30.0 Å². The largest absolute Gasteiger partial charge is 0.493 e. The van der Waals surface area contributed by atoms with Crippen LogP contribution in [-0.4, -0.2) is 45.5 Å². The minimum atomic E-state index is -0.983. The molecule has 0 fully saturated rings. The van der Waals surface area contributed by atoms with Gasteiger partial charge in [-0.1, -0.05) is 0 Å². The second-order valence-electron chi connectivity index (χ2n) is 6.37. The van der Waals surface area contributed by atoms with Gasteiger partial charge in [0.25, 0.3) is 0 Å². The molecule has 1 atom stereocenters. The van der Waals surface area contributed by atoms with Crippen LogP contribution in [0.25, 0.3) is 0 Å². The highest BCUT2D eigenvalue weighted by Gasteiger charge is 2.23. The van der Waals surface area contributed by atoms with Crippen LogP contribution in [0.2, 0.25) is 0 Å². The first-order chi connectivity index (χ1) is 13.4. The predicted octanol–water partition coefficient (Wildman–Crippen LogP) is 3.35. The van der Waals surface area contributed by atoms with Gasteiger partial charge in [-0.2, -0.15) is 11.3 Å². The lowest BCUT2D eigenvalue weighted by Crippen LogP contribution is -2.44. The summed E-state index contributed by atoms with van der Waals surface area (Å²) in [5.41, 5.74) is 0.810. The Morgan fingerprint density at radius 1 is 1.14 bits per heavy atom. The number of aliphatic hydroxyl groups is 1. The molecule has 0 aliphatic carbocycles. The number of hydrogen-bond donors (Lipinski definition) is 3. The number of nitrogens with zero attached hydrogens (tertiary/aromatic N) is 1. The highest BCUT2D eigenvalue weighted by atomic mass is 127. The zero-order chi connectivity index (χ0) is 20.6. The maximum atomic E-state index is 10.7. The van der Waals surface area contributed by atoms with Gasteiger partial charge in [0.05, 0.1) is 34.4 Å². The fourth-order valence-electron chi connectivity index (χ4n) is 2.67. The normalized spacial score (nSPS) is 13.1. The van der Waals surface area contributed by atoms with Crippen LogP contribution in [-0.2, 0) is 12.1 Å². The van der Waals surface area contributed by atoms with E-state index in [9.17, 15) is 5.11 Å². The van der Waals surface area contributed by atoms with E-state index in [4.69, 9.17) is 14.2 Å². The Balaban J connectivity index is 0.00000420. The third kappa shape index (κ3) is 6.93. The lowest BCUT2D eigenvalue weighted by molar-refractivity contribution is 0.0621. The second-order valence-corrected chi connectivity index (χ2v) is 7.15. The van der Waals surface area contributed by atoms with Gasteiger partial charge in [-0.15, -0.1) is 24.0 Å². The number of thiophene rings is 1. The lowest BCUT2D eigenvalue weighted by Gasteiger charge is -2.24. The molecular formula is C20H30IN3O4S. The second kappa shape index (κ2) is 12.1. The van der Waals surface area contributed by atoms with Crippen molar-refractivity contribution in [2.75, 3.05) is 34.4 Å². The van der Waals surface area contributed by atoms with Crippen molar-refractivity contribution < 1.29 is 19.3 Å². The van der Waals surface area contributed by atoms with Gasteiger partial charge in [0.1, 0.15) is 5.60 Å². The summed E-state index contributed by atoms with van der Waals surface area (Å²) in [4.78, 5) is 4.61. The van der Waals surface area contributed by atoms with E-state index in [1.165, 1.54) is 0 Å². The Labute approximate surface area is 193 Å². The van der Waals surface area contributed by atoms with Gasteiger partial charge >= 0.3 is 0 Å². The molecular weight excluding hydrogens is 505 g/mol. The van der Waals surface area contributed by atoms with Crippen LogP contribution in [0.3, 0.4) is 0 Å². The van der Waals surface area contributed by atoms with E-state index in [0.717, 1.165) is 11.1 Å². The monoisotopic (exact) mass is 535 g/mol. The molecule has 29 heavy (non-hydrogen) atoms. The van der Waals surface area contributed by atoms with E-state index in [0.29, 0.717) is 42.8 Å². The van der Waals surface area contributed by atoms with Gasteiger partial charge in [0, 0.05) is 6.54 Å². The van der Waals surface area contributed by atoms with Gasteiger partial charge in [-0.3, -0.25) is 0 Å². The number of aliphatic imine (C=N–C) groups is 1. The molecule has 0 saturated heterocycles. The molecule has 2 rings (SSSR count). The van der Waals surface area contributed by atoms with Gasteiger partial charge in [-0.25, -0.2) is 4.99 Å².